The standard InChI is InChI=1S/C15H20N4O3S2/c1-4-12-17-18-15(23-12)16-14(20)13(10(2)3)19-24(21,22)11-8-6-5-7-9-11/h5-10,13,19H,4H2,1-3H3,(H,16,18,20)/t13-/m0/s1. The van der Waals surface area contributed by atoms with Crippen LogP contribution in [0.4, 0.5) is 5.13 Å². The zero-order valence-corrected chi connectivity index (χ0v) is 15.3. The molecule has 0 saturated heterocycles. The summed E-state index contributed by atoms with van der Waals surface area (Å²) in [4.78, 5) is 12.6. The van der Waals surface area contributed by atoms with E-state index in [4.69, 9.17) is 0 Å². The number of nitrogens with zero attached hydrogens (tertiary/aromatic N) is 2. The average Bonchev–Trinajstić information content (AvgIpc) is 3.00. The van der Waals surface area contributed by atoms with Gasteiger partial charge in [-0.25, -0.2) is 8.42 Å². The minimum atomic E-state index is -3.78. The second kappa shape index (κ2) is 7.82. The Bertz CT molecular complexity index is 788. The number of hydrogen-bond donors (Lipinski definition) is 2. The zero-order chi connectivity index (χ0) is 17.7. The Balaban J connectivity index is 2.15. The van der Waals surface area contributed by atoms with E-state index in [-0.39, 0.29) is 10.8 Å². The number of aromatic nitrogens is 2. The van der Waals surface area contributed by atoms with Crippen molar-refractivity contribution in [2.75, 3.05) is 5.32 Å². The van der Waals surface area contributed by atoms with Crippen LogP contribution in [0.2, 0.25) is 0 Å². The zero-order valence-electron chi connectivity index (χ0n) is 13.7. The molecule has 0 unspecified atom stereocenters. The molecule has 1 aromatic heterocycles. The largest absolute Gasteiger partial charge is 0.299 e. The molecule has 0 bridgehead atoms. The van der Waals surface area contributed by atoms with Crippen LogP contribution in [-0.4, -0.2) is 30.6 Å². The summed E-state index contributed by atoms with van der Waals surface area (Å²) in [5.74, 6) is -0.689. The van der Waals surface area contributed by atoms with Gasteiger partial charge in [0.2, 0.25) is 21.1 Å². The molecule has 2 N–H and O–H groups in total. The second-order valence-electron chi connectivity index (χ2n) is 5.50. The number of benzene rings is 1. The minimum absolute atomic E-state index is 0.118. The first-order valence-electron chi connectivity index (χ1n) is 7.54. The highest BCUT2D eigenvalue weighted by Gasteiger charge is 2.29. The third-order valence-electron chi connectivity index (χ3n) is 3.28. The fourth-order valence-corrected chi connectivity index (χ4v) is 4.00. The van der Waals surface area contributed by atoms with Crippen molar-refractivity contribution in [3.63, 3.8) is 0 Å². The molecule has 0 aliphatic heterocycles. The van der Waals surface area contributed by atoms with Crippen molar-refractivity contribution in [3.8, 4) is 0 Å². The van der Waals surface area contributed by atoms with Crippen molar-refractivity contribution in [3.05, 3.63) is 35.3 Å². The number of rotatable bonds is 7. The van der Waals surface area contributed by atoms with Crippen LogP contribution in [-0.2, 0) is 21.2 Å². The summed E-state index contributed by atoms with van der Waals surface area (Å²) in [5, 5.41) is 11.6. The molecule has 0 fully saturated rings. The van der Waals surface area contributed by atoms with Gasteiger partial charge >= 0.3 is 0 Å². The topological polar surface area (TPSA) is 101 Å². The van der Waals surface area contributed by atoms with Gasteiger partial charge < -0.3 is 0 Å². The lowest BCUT2D eigenvalue weighted by Crippen LogP contribution is -2.47. The highest BCUT2D eigenvalue weighted by atomic mass is 32.2. The van der Waals surface area contributed by atoms with Crippen LogP contribution >= 0.6 is 11.3 Å². The lowest BCUT2D eigenvalue weighted by molar-refractivity contribution is -0.118. The molecule has 9 heteroatoms. The maximum Gasteiger partial charge on any atom is 0.244 e. The Morgan fingerprint density at radius 1 is 1.21 bits per heavy atom. The van der Waals surface area contributed by atoms with Gasteiger partial charge in [0.15, 0.2) is 0 Å². The van der Waals surface area contributed by atoms with E-state index in [0.29, 0.717) is 5.13 Å². The van der Waals surface area contributed by atoms with E-state index in [2.05, 4.69) is 20.2 Å². The van der Waals surface area contributed by atoms with Crippen LogP contribution in [0.1, 0.15) is 25.8 Å². The van der Waals surface area contributed by atoms with Gasteiger partial charge in [-0.1, -0.05) is 50.3 Å². The molecule has 0 radical (unpaired) electrons. The van der Waals surface area contributed by atoms with E-state index < -0.39 is 22.0 Å². The number of hydrogen-bond acceptors (Lipinski definition) is 6. The predicted molar refractivity (Wildman–Crippen MR) is 93.3 cm³/mol. The van der Waals surface area contributed by atoms with E-state index in [1.165, 1.54) is 23.5 Å². The van der Waals surface area contributed by atoms with Gasteiger partial charge in [0.25, 0.3) is 0 Å². The van der Waals surface area contributed by atoms with Crippen LogP contribution in [0.5, 0.6) is 0 Å². The summed E-state index contributed by atoms with van der Waals surface area (Å²) in [6.07, 6.45) is 0.724. The van der Waals surface area contributed by atoms with E-state index in [1.807, 2.05) is 6.92 Å². The van der Waals surface area contributed by atoms with Crippen molar-refractivity contribution in [2.45, 2.75) is 38.1 Å². The summed E-state index contributed by atoms with van der Waals surface area (Å²) >= 11 is 1.27. The smallest absolute Gasteiger partial charge is 0.244 e. The molecule has 0 saturated carbocycles. The van der Waals surface area contributed by atoms with E-state index in [1.54, 1.807) is 32.0 Å². The molecule has 1 aromatic carbocycles. The third kappa shape index (κ3) is 4.59. The lowest BCUT2D eigenvalue weighted by atomic mass is 10.1. The Morgan fingerprint density at radius 2 is 1.88 bits per heavy atom. The normalized spacial score (nSPS) is 13.0. The Hall–Kier alpha value is -1.84. The van der Waals surface area contributed by atoms with Crippen LogP contribution < -0.4 is 10.0 Å². The molecule has 2 aromatic rings. The highest BCUT2D eigenvalue weighted by Crippen LogP contribution is 2.17. The van der Waals surface area contributed by atoms with Gasteiger partial charge in [-0.05, 0) is 24.5 Å². The molecular weight excluding hydrogens is 348 g/mol. The van der Waals surface area contributed by atoms with Gasteiger partial charge in [0.05, 0.1) is 4.90 Å². The summed E-state index contributed by atoms with van der Waals surface area (Å²) < 4.78 is 27.3. The summed E-state index contributed by atoms with van der Waals surface area (Å²) in [6.45, 7) is 5.49. The average molecular weight is 368 g/mol. The van der Waals surface area contributed by atoms with Gasteiger partial charge in [-0.15, -0.1) is 10.2 Å². The lowest BCUT2D eigenvalue weighted by Gasteiger charge is -2.20. The molecule has 1 amide bonds. The van der Waals surface area contributed by atoms with Gasteiger partial charge in [-0.3, -0.25) is 10.1 Å². The number of anilines is 1. The fourth-order valence-electron chi connectivity index (χ4n) is 1.96. The Kier molecular flexibility index (Phi) is 6.03. The Morgan fingerprint density at radius 3 is 2.42 bits per heavy atom. The van der Waals surface area contributed by atoms with Gasteiger partial charge in [0.1, 0.15) is 11.0 Å². The number of nitrogens with one attached hydrogen (secondary N) is 2. The van der Waals surface area contributed by atoms with Crippen molar-refractivity contribution in [2.24, 2.45) is 5.92 Å². The molecule has 130 valence electrons. The molecule has 0 aliphatic rings. The van der Waals surface area contributed by atoms with E-state index in [0.717, 1.165) is 11.4 Å². The molecule has 1 atom stereocenters. The summed E-state index contributed by atoms with van der Waals surface area (Å²) in [6, 6.07) is 7.04. The maximum absolute atomic E-state index is 12.5. The minimum Gasteiger partial charge on any atom is -0.299 e. The third-order valence-corrected chi connectivity index (χ3v) is 5.72. The molecular formula is C15H20N4O3S2. The maximum atomic E-state index is 12.5. The van der Waals surface area contributed by atoms with Crippen molar-refractivity contribution in [1.82, 2.24) is 14.9 Å². The van der Waals surface area contributed by atoms with Crippen LogP contribution in [0.15, 0.2) is 35.2 Å². The quantitative estimate of drug-likeness (QED) is 0.779. The molecule has 24 heavy (non-hydrogen) atoms. The molecule has 7 nitrogen and oxygen atoms in total. The SMILES string of the molecule is CCc1nnc(NC(=O)[C@@H](NS(=O)(=O)c2ccccc2)C(C)C)s1. The molecule has 1 heterocycles. The summed E-state index contributed by atoms with van der Waals surface area (Å²) in [5.41, 5.74) is 0. The van der Waals surface area contributed by atoms with Crippen molar-refractivity contribution < 1.29 is 13.2 Å². The number of carbonyl (C=O) groups is 1. The monoisotopic (exact) mass is 368 g/mol. The second-order valence-corrected chi connectivity index (χ2v) is 8.28. The van der Waals surface area contributed by atoms with Gasteiger partial charge in [0, 0.05) is 0 Å². The van der Waals surface area contributed by atoms with Crippen molar-refractivity contribution >= 4 is 32.4 Å². The first-order valence-corrected chi connectivity index (χ1v) is 9.84. The Labute approximate surface area is 145 Å². The van der Waals surface area contributed by atoms with Crippen LogP contribution in [0.25, 0.3) is 0 Å². The summed E-state index contributed by atoms with van der Waals surface area (Å²) in [7, 11) is -3.78. The number of sulfonamides is 1. The van der Waals surface area contributed by atoms with Crippen LogP contribution in [0.3, 0.4) is 0 Å². The van der Waals surface area contributed by atoms with E-state index >= 15 is 0 Å². The molecule has 0 spiro atoms. The van der Waals surface area contributed by atoms with Gasteiger partial charge in [-0.2, -0.15) is 4.72 Å². The highest BCUT2D eigenvalue weighted by molar-refractivity contribution is 7.89. The number of amides is 1. The van der Waals surface area contributed by atoms with E-state index in [9.17, 15) is 13.2 Å². The fraction of sp³-hybridized carbons (Fsp3) is 0.400. The molecule has 0 aliphatic carbocycles. The van der Waals surface area contributed by atoms with Crippen LogP contribution in [0, 0.1) is 5.92 Å². The predicted octanol–water partition coefficient (Wildman–Crippen LogP) is 2.04. The first-order chi connectivity index (χ1) is 11.3. The number of aryl methyl sites for hydroxylation is 1. The molecule has 2 rings (SSSR count). The van der Waals surface area contributed by atoms with Crippen molar-refractivity contribution in [1.29, 1.82) is 0 Å². The number of carbonyl (C=O) groups excluding carboxylic acids is 1. The first kappa shape index (κ1) is 18.5.